The molecule has 0 bridgehead atoms. The molecule has 6 heteroatoms. The van der Waals surface area contributed by atoms with Crippen LogP contribution in [0.25, 0.3) is 0 Å². The highest BCUT2D eigenvalue weighted by molar-refractivity contribution is 6.12. The van der Waals surface area contributed by atoms with E-state index in [9.17, 15) is 9.59 Å². The van der Waals surface area contributed by atoms with E-state index in [0.29, 0.717) is 0 Å². The third-order valence-corrected chi connectivity index (χ3v) is 0.632. The van der Waals surface area contributed by atoms with Crippen molar-refractivity contribution in [2.45, 2.75) is 0 Å². The largest absolute Gasteiger partial charge is 0.443 e. The van der Waals surface area contributed by atoms with Gasteiger partial charge in [-0.25, -0.2) is 0 Å². The molecule has 0 radical (unpaired) electrons. The summed E-state index contributed by atoms with van der Waals surface area (Å²) in [6, 6.07) is 0. The van der Waals surface area contributed by atoms with Crippen LogP contribution in [0.1, 0.15) is 0 Å². The minimum Gasteiger partial charge on any atom is -0.443 e. The van der Waals surface area contributed by atoms with Crippen LogP contribution in [0.2, 0.25) is 0 Å². The van der Waals surface area contributed by atoms with E-state index >= 15 is 0 Å². The Kier molecular flexibility index (Phi) is 6.75. The zero-order valence-electron chi connectivity index (χ0n) is 5.37. The van der Waals surface area contributed by atoms with Gasteiger partial charge in [-0.2, -0.15) is 5.26 Å². The maximum absolute atomic E-state index is 10.0. The third-order valence-electron chi connectivity index (χ3n) is 0.632. The number of carbonyl (C=O) groups excluding carboxylic acids is 2. The molecule has 0 saturated carbocycles. The average molecular weight is 158 g/mol. The van der Waals surface area contributed by atoms with Gasteiger partial charge in [0.25, 0.3) is 18.1 Å². The Bertz CT molecular complexity index is 199. The first-order valence-corrected chi connectivity index (χ1v) is 2.27. The Morgan fingerprint density at radius 1 is 1.36 bits per heavy atom. The van der Waals surface area contributed by atoms with E-state index in [1.54, 1.807) is 0 Å². The fourth-order valence-corrected chi connectivity index (χ4v) is 0.356. The quantitative estimate of drug-likeness (QED) is 0.319. The molecule has 0 spiro atoms. The first-order valence-electron chi connectivity index (χ1n) is 2.27. The molecule has 0 atom stereocenters. The van der Waals surface area contributed by atoms with E-state index in [4.69, 9.17) is 10.4 Å². The van der Waals surface area contributed by atoms with Crippen LogP contribution in [0.3, 0.4) is 0 Å². The number of hydrogen-bond acceptors (Lipinski definition) is 4. The van der Waals surface area contributed by atoms with Crippen molar-refractivity contribution in [2.75, 3.05) is 0 Å². The summed E-state index contributed by atoms with van der Waals surface area (Å²) in [5, 5.41) is 15.8. The molecule has 1 aliphatic rings. The Morgan fingerprint density at radius 2 is 1.64 bits per heavy atom. The van der Waals surface area contributed by atoms with Gasteiger partial charge >= 0.3 is 0 Å². The van der Waals surface area contributed by atoms with E-state index in [0.717, 1.165) is 6.26 Å². The minimum absolute atomic E-state index is 0. The summed E-state index contributed by atoms with van der Waals surface area (Å²) in [7, 11) is 0. The van der Waals surface area contributed by atoms with Crippen LogP contribution in [0, 0.1) is 11.5 Å². The highest BCUT2D eigenvalue weighted by Gasteiger charge is 2.06. The van der Waals surface area contributed by atoms with Crippen molar-refractivity contribution in [1.82, 2.24) is 5.32 Å². The molecule has 11 heavy (non-hydrogen) atoms. The van der Waals surface area contributed by atoms with Crippen molar-refractivity contribution in [2.24, 2.45) is 0 Å². The number of nitrogens with one attached hydrogen (secondary N) is 1. The molecule has 1 rings (SSSR count). The Balaban J connectivity index is 0. The Hall–Kier alpha value is -1.87. The van der Waals surface area contributed by atoms with E-state index in [1.807, 2.05) is 5.32 Å². The molecule has 60 valence electrons. The lowest BCUT2D eigenvalue weighted by atomic mass is 10.6. The normalized spacial score (nSPS) is 11.9. The van der Waals surface area contributed by atoms with Gasteiger partial charge < -0.3 is 10.6 Å². The molecule has 0 aliphatic carbocycles. The summed E-state index contributed by atoms with van der Waals surface area (Å²) in [5.74, 6) is -0.657. The zero-order chi connectivity index (χ0) is 7.98. The highest BCUT2D eigenvalue weighted by Crippen LogP contribution is 1.82. The van der Waals surface area contributed by atoms with E-state index < -0.39 is 0 Å². The maximum Gasteiger partial charge on any atom is 0.283 e. The SMILES string of the molecule is N#CO.O.O=C1C=CC(=O)N1. The number of carbonyl (C=O) groups is 2. The molecule has 0 unspecified atom stereocenters. The number of rotatable bonds is 0. The van der Waals surface area contributed by atoms with Gasteiger partial charge in [0.15, 0.2) is 0 Å². The fraction of sp³-hybridized carbons (Fsp3) is 0. The predicted octanol–water partition coefficient (Wildman–Crippen LogP) is -1.79. The topological polar surface area (TPSA) is 122 Å². The molecule has 0 aromatic carbocycles. The highest BCUT2D eigenvalue weighted by atomic mass is 16.2. The lowest BCUT2D eigenvalue weighted by Crippen LogP contribution is -2.19. The van der Waals surface area contributed by atoms with Crippen LogP contribution < -0.4 is 5.32 Å². The van der Waals surface area contributed by atoms with Crippen molar-refractivity contribution in [3.8, 4) is 6.26 Å². The van der Waals surface area contributed by atoms with Crippen molar-refractivity contribution in [3.05, 3.63) is 12.2 Å². The van der Waals surface area contributed by atoms with E-state index in [1.165, 1.54) is 12.2 Å². The molecule has 1 heterocycles. The molecule has 4 N–H and O–H groups in total. The molecule has 0 fully saturated rings. The summed E-state index contributed by atoms with van der Waals surface area (Å²) < 4.78 is 0. The second-order valence-corrected chi connectivity index (χ2v) is 1.29. The van der Waals surface area contributed by atoms with Gasteiger partial charge in [0.05, 0.1) is 0 Å². The van der Waals surface area contributed by atoms with Crippen LogP contribution >= 0.6 is 0 Å². The smallest absolute Gasteiger partial charge is 0.283 e. The summed E-state index contributed by atoms with van der Waals surface area (Å²) in [5.41, 5.74) is 0. The summed E-state index contributed by atoms with van der Waals surface area (Å²) in [4.78, 5) is 20.1. The van der Waals surface area contributed by atoms with E-state index in [2.05, 4.69) is 0 Å². The first-order chi connectivity index (χ1) is 4.70. The number of aliphatic hydroxyl groups excluding tert-OH is 1. The number of amides is 2. The zero-order valence-corrected chi connectivity index (χ0v) is 5.37. The van der Waals surface area contributed by atoms with Gasteiger partial charge in [0.2, 0.25) is 0 Å². The summed E-state index contributed by atoms with van der Waals surface area (Å²) in [6.07, 6.45) is 3.14. The summed E-state index contributed by atoms with van der Waals surface area (Å²) >= 11 is 0. The molecular weight excluding hydrogens is 152 g/mol. The molecular formula is C5H6N2O4. The summed E-state index contributed by atoms with van der Waals surface area (Å²) in [6.45, 7) is 0. The van der Waals surface area contributed by atoms with Gasteiger partial charge in [-0.15, -0.1) is 0 Å². The van der Waals surface area contributed by atoms with Crippen molar-refractivity contribution < 1.29 is 20.2 Å². The second kappa shape index (κ2) is 6.25. The van der Waals surface area contributed by atoms with E-state index in [-0.39, 0.29) is 17.3 Å². The average Bonchev–Trinajstić information content (AvgIpc) is 2.17. The lowest BCUT2D eigenvalue weighted by Gasteiger charge is -1.80. The number of imide groups is 1. The lowest BCUT2D eigenvalue weighted by molar-refractivity contribution is -0.123. The van der Waals surface area contributed by atoms with Gasteiger partial charge in [-0.1, -0.05) is 0 Å². The molecule has 2 amide bonds. The Morgan fingerprint density at radius 3 is 1.73 bits per heavy atom. The maximum atomic E-state index is 10.0. The first kappa shape index (κ1) is 11.9. The monoisotopic (exact) mass is 158 g/mol. The van der Waals surface area contributed by atoms with Crippen molar-refractivity contribution in [1.29, 1.82) is 5.26 Å². The van der Waals surface area contributed by atoms with Crippen LogP contribution in [-0.4, -0.2) is 22.4 Å². The van der Waals surface area contributed by atoms with Crippen molar-refractivity contribution in [3.63, 3.8) is 0 Å². The number of aliphatic hydroxyl groups is 1. The number of nitrogens with zero attached hydrogens (tertiary/aromatic N) is 1. The fourth-order valence-electron chi connectivity index (χ4n) is 0.356. The number of nitriles is 1. The molecule has 0 aromatic heterocycles. The van der Waals surface area contributed by atoms with Gasteiger partial charge in [-0.3, -0.25) is 14.9 Å². The molecule has 0 saturated heterocycles. The minimum atomic E-state index is -0.329. The third kappa shape index (κ3) is 6.01. The van der Waals surface area contributed by atoms with Gasteiger partial charge in [0, 0.05) is 12.2 Å². The van der Waals surface area contributed by atoms with Crippen LogP contribution in [-0.2, 0) is 9.59 Å². The van der Waals surface area contributed by atoms with Gasteiger partial charge in [0.1, 0.15) is 0 Å². The second-order valence-electron chi connectivity index (χ2n) is 1.29. The Labute approximate surface area is 62.0 Å². The molecule has 1 aliphatic heterocycles. The molecule has 6 nitrogen and oxygen atoms in total. The van der Waals surface area contributed by atoms with Crippen molar-refractivity contribution >= 4 is 11.8 Å². The number of hydrogen-bond donors (Lipinski definition) is 2. The van der Waals surface area contributed by atoms with Crippen LogP contribution in [0.4, 0.5) is 0 Å². The van der Waals surface area contributed by atoms with Crippen LogP contribution in [0.15, 0.2) is 12.2 Å². The predicted molar refractivity (Wildman–Crippen MR) is 33.5 cm³/mol. The van der Waals surface area contributed by atoms with Gasteiger partial charge in [-0.05, 0) is 0 Å². The van der Waals surface area contributed by atoms with Crippen LogP contribution in [0.5, 0.6) is 0 Å². The standard InChI is InChI=1S/C4H3NO2.CHNO.H2O/c6-3-1-2-4(7)5-3;2-1-3;/h1-2H,(H,5,6,7);3H;1H2. The molecule has 0 aromatic rings.